The van der Waals surface area contributed by atoms with Gasteiger partial charge in [-0.05, 0) is 29.5 Å². The minimum Gasteiger partial charge on any atom is -0.479 e. The summed E-state index contributed by atoms with van der Waals surface area (Å²) in [5.41, 5.74) is 5.68. The van der Waals surface area contributed by atoms with Gasteiger partial charge < -0.3 is 15.1 Å². The number of carboxylic acid groups (broad SMARTS) is 1. The van der Waals surface area contributed by atoms with Crippen LogP contribution >= 0.6 is 0 Å². The van der Waals surface area contributed by atoms with E-state index in [-0.39, 0.29) is 30.4 Å². The number of aliphatic hydroxyl groups excluding tert-OH is 1. The fourth-order valence-corrected chi connectivity index (χ4v) is 3.93. The number of carbonyl (C=O) groups is 3. The summed E-state index contributed by atoms with van der Waals surface area (Å²) in [6.07, 6.45) is 0.186. The molecule has 1 aromatic heterocycles. The summed E-state index contributed by atoms with van der Waals surface area (Å²) in [7, 11) is 0. The second-order valence-corrected chi connectivity index (χ2v) is 8.40. The molecule has 1 saturated heterocycles. The number of carbonyl (C=O) groups excluding carboxylic acids is 2. The Kier molecular flexibility index (Phi) is 7.54. The molecule has 3 aromatic rings. The predicted octanol–water partition coefficient (Wildman–Crippen LogP) is 1.91. The van der Waals surface area contributed by atoms with Crippen molar-refractivity contribution >= 4 is 17.8 Å². The van der Waals surface area contributed by atoms with E-state index in [1.165, 1.54) is 11.1 Å². The van der Waals surface area contributed by atoms with E-state index < -0.39 is 18.0 Å². The number of carboxylic acids is 1. The Morgan fingerprint density at radius 2 is 1.69 bits per heavy atom. The lowest BCUT2D eigenvalue weighted by Crippen LogP contribution is -2.47. The normalized spacial score (nSPS) is 14.2. The minimum absolute atomic E-state index is 0.0122. The third kappa shape index (κ3) is 6.11. The number of nitrogens with zero attached hydrogens (tertiary/aromatic N) is 3. The van der Waals surface area contributed by atoms with Gasteiger partial charge in [-0.3, -0.25) is 20.1 Å². The van der Waals surface area contributed by atoms with Gasteiger partial charge in [-0.25, -0.2) is 9.80 Å². The van der Waals surface area contributed by atoms with Crippen LogP contribution in [0.3, 0.4) is 0 Å². The Balaban J connectivity index is 1.45. The Hall–Kier alpha value is -4.02. The lowest BCUT2D eigenvalue weighted by molar-refractivity contribution is -0.148. The van der Waals surface area contributed by atoms with E-state index in [0.717, 1.165) is 29.5 Å². The average molecular weight is 478 g/mol. The lowest BCUT2D eigenvalue weighted by Gasteiger charge is -2.24. The zero-order chi connectivity index (χ0) is 24.8. The minimum atomic E-state index is -1.70. The zero-order valence-corrected chi connectivity index (χ0v) is 19.1. The van der Waals surface area contributed by atoms with E-state index >= 15 is 0 Å². The van der Waals surface area contributed by atoms with Gasteiger partial charge in [-0.2, -0.15) is 5.10 Å². The molecule has 2 amide bonds. The SMILES string of the molecule is O=C(NN(Cc1ccc(-c2ccccc2)cc1)C[C@@H](O)C(=O)O)c1cc(C(=O)N2CCCC2)[nH]n1. The molecule has 2 aromatic carbocycles. The van der Waals surface area contributed by atoms with Crippen LogP contribution in [0.1, 0.15) is 39.4 Å². The van der Waals surface area contributed by atoms with Crippen LogP contribution in [0.4, 0.5) is 0 Å². The highest BCUT2D eigenvalue weighted by molar-refractivity contribution is 5.97. The Bertz CT molecular complexity index is 1170. The number of aromatic amines is 1. The molecule has 35 heavy (non-hydrogen) atoms. The first-order valence-corrected chi connectivity index (χ1v) is 11.4. The van der Waals surface area contributed by atoms with E-state index in [1.54, 1.807) is 4.90 Å². The van der Waals surface area contributed by atoms with Gasteiger partial charge in [0.25, 0.3) is 11.8 Å². The van der Waals surface area contributed by atoms with Gasteiger partial charge in [0.15, 0.2) is 11.8 Å². The summed E-state index contributed by atoms with van der Waals surface area (Å²) in [6.45, 7) is 1.15. The molecule has 2 heterocycles. The van der Waals surface area contributed by atoms with E-state index in [2.05, 4.69) is 15.6 Å². The van der Waals surface area contributed by atoms with Crippen molar-refractivity contribution in [1.29, 1.82) is 0 Å². The molecule has 0 aliphatic carbocycles. The fourth-order valence-electron chi connectivity index (χ4n) is 3.93. The van der Waals surface area contributed by atoms with Crippen LogP contribution in [-0.2, 0) is 11.3 Å². The average Bonchev–Trinajstić information content (AvgIpc) is 3.57. The number of hydrogen-bond acceptors (Lipinski definition) is 6. The van der Waals surface area contributed by atoms with Crippen molar-refractivity contribution in [3.05, 3.63) is 77.6 Å². The number of aliphatic carboxylic acids is 1. The summed E-state index contributed by atoms with van der Waals surface area (Å²) < 4.78 is 0. The van der Waals surface area contributed by atoms with E-state index in [1.807, 2.05) is 54.6 Å². The van der Waals surface area contributed by atoms with Crippen LogP contribution in [0, 0.1) is 0 Å². The molecular formula is C25H27N5O5. The second-order valence-electron chi connectivity index (χ2n) is 8.40. The summed E-state index contributed by atoms with van der Waals surface area (Å²) in [5.74, 6) is -2.24. The first-order valence-electron chi connectivity index (χ1n) is 11.4. The molecular weight excluding hydrogens is 450 g/mol. The Labute approximate surface area is 202 Å². The van der Waals surface area contributed by atoms with Gasteiger partial charge in [0.2, 0.25) is 0 Å². The number of benzene rings is 2. The number of H-pyrrole nitrogens is 1. The van der Waals surface area contributed by atoms with Crippen LogP contribution in [0.2, 0.25) is 0 Å². The molecule has 182 valence electrons. The lowest BCUT2D eigenvalue weighted by atomic mass is 10.0. The molecule has 1 fully saturated rings. The van der Waals surface area contributed by atoms with Crippen molar-refractivity contribution in [3.8, 4) is 11.1 Å². The molecule has 0 unspecified atom stereocenters. The highest BCUT2D eigenvalue weighted by Gasteiger charge is 2.24. The molecule has 4 N–H and O–H groups in total. The number of hydrogen-bond donors (Lipinski definition) is 4. The van der Waals surface area contributed by atoms with E-state index in [0.29, 0.717) is 13.1 Å². The number of nitrogens with one attached hydrogen (secondary N) is 2. The van der Waals surface area contributed by atoms with Gasteiger partial charge in [0.1, 0.15) is 5.69 Å². The van der Waals surface area contributed by atoms with Crippen LogP contribution < -0.4 is 5.43 Å². The van der Waals surface area contributed by atoms with Gasteiger partial charge in [-0.15, -0.1) is 0 Å². The Morgan fingerprint density at radius 1 is 1.03 bits per heavy atom. The molecule has 4 rings (SSSR count). The highest BCUT2D eigenvalue weighted by atomic mass is 16.4. The maximum absolute atomic E-state index is 12.8. The maximum atomic E-state index is 12.8. The standard InChI is InChI=1S/C25H27N5O5/c31-22(25(34)35)16-30(15-17-8-10-19(11-9-17)18-6-2-1-3-7-18)28-23(32)20-14-21(27-26-20)24(33)29-12-4-5-13-29/h1-3,6-11,14,22,31H,4-5,12-13,15-16H2,(H,26,27)(H,28,32)(H,34,35)/t22-/m1/s1. The van der Waals surface area contributed by atoms with E-state index in [4.69, 9.17) is 5.11 Å². The van der Waals surface area contributed by atoms with Crippen molar-refractivity contribution in [2.24, 2.45) is 0 Å². The third-order valence-corrected chi connectivity index (χ3v) is 5.81. The summed E-state index contributed by atoms with van der Waals surface area (Å²) in [5, 5.41) is 26.9. The molecule has 0 spiro atoms. The number of hydrazine groups is 1. The topological polar surface area (TPSA) is 139 Å². The van der Waals surface area contributed by atoms with Gasteiger partial charge in [0.05, 0.1) is 6.54 Å². The van der Waals surface area contributed by atoms with Crippen molar-refractivity contribution < 1.29 is 24.6 Å². The van der Waals surface area contributed by atoms with Crippen LogP contribution in [0.5, 0.6) is 0 Å². The molecule has 0 radical (unpaired) electrons. The molecule has 10 nitrogen and oxygen atoms in total. The zero-order valence-electron chi connectivity index (χ0n) is 19.1. The number of rotatable bonds is 9. The molecule has 1 aliphatic heterocycles. The maximum Gasteiger partial charge on any atom is 0.333 e. The molecule has 10 heteroatoms. The smallest absolute Gasteiger partial charge is 0.333 e. The van der Waals surface area contributed by atoms with Crippen molar-refractivity contribution in [2.75, 3.05) is 19.6 Å². The first-order chi connectivity index (χ1) is 16.9. The number of likely N-dealkylation sites (tertiary alicyclic amines) is 1. The number of aromatic nitrogens is 2. The third-order valence-electron chi connectivity index (χ3n) is 5.81. The van der Waals surface area contributed by atoms with Crippen molar-refractivity contribution in [1.82, 2.24) is 25.5 Å². The predicted molar refractivity (Wildman–Crippen MR) is 127 cm³/mol. The van der Waals surface area contributed by atoms with Gasteiger partial charge >= 0.3 is 5.97 Å². The Morgan fingerprint density at radius 3 is 2.34 bits per heavy atom. The second kappa shape index (κ2) is 10.9. The van der Waals surface area contributed by atoms with Gasteiger partial charge in [-0.1, -0.05) is 54.6 Å². The summed E-state index contributed by atoms with van der Waals surface area (Å²) in [6, 6.07) is 18.8. The van der Waals surface area contributed by atoms with Crippen LogP contribution in [0.25, 0.3) is 11.1 Å². The number of amides is 2. The molecule has 1 atom stereocenters. The van der Waals surface area contributed by atoms with Crippen LogP contribution in [-0.4, -0.2) is 73.8 Å². The first kappa shape index (κ1) is 24.1. The molecule has 0 bridgehead atoms. The van der Waals surface area contributed by atoms with Crippen molar-refractivity contribution in [2.45, 2.75) is 25.5 Å². The fraction of sp³-hybridized carbons (Fsp3) is 0.280. The molecule has 0 saturated carbocycles. The van der Waals surface area contributed by atoms with Crippen LogP contribution in [0.15, 0.2) is 60.7 Å². The van der Waals surface area contributed by atoms with E-state index in [9.17, 15) is 19.5 Å². The molecule has 1 aliphatic rings. The monoisotopic (exact) mass is 477 g/mol. The quantitative estimate of drug-likeness (QED) is 0.345. The largest absolute Gasteiger partial charge is 0.479 e. The van der Waals surface area contributed by atoms with Crippen molar-refractivity contribution in [3.63, 3.8) is 0 Å². The van der Waals surface area contributed by atoms with Gasteiger partial charge in [0, 0.05) is 25.7 Å². The summed E-state index contributed by atoms with van der Waals surface area (Å²) >= 11 is 0. The highest BCUT2D eigenvalue weighted by Crippen LogP contribution is 2.20. The number of aliphatic hydroxyl groups is 1. The summed E-state index contributed by atoms with van der Waals surface area (Å²) in [4.78, 5) is 38.2.